The van der Waals surface area contributed by atoms with Crippen LogP contribution in [-0.2, 0) is 0 Å². The zero-order valence-corrected chi connectivity index (χ0v) is 21.6. The van der Waals surface area contributed by atoms with Gasteiger partial charge < -0.3 is 9.88 Å². The molecule has 1 N–H and O–H groups in total. The van der Waals surface area contributed by atoms with Crippen LogP contribution in [0.1, 0.15) is 0 Å². The third-order valence-corrected chi connectivity index (χ3v) is 7.76. The topological polar surface area (TPSA) is 17.0 Å². The molecule has 0 atom stereocenters. The summed E-state index contributed by atoms with van der Waals surface area (Å²) in [6, 6.07) is 47.4. The molecule has 0 bridgehead atoms. The quantitative estimate of drug-likeness (QED) is 0.236. The van der Waals surface area contributed by atoms with Crippen LogP contribution in [0.2, 0.25) is 0 Å². The van der Waals surface area contributed by atoms with E-state index in [4.69, 9.17) is 0 Å². The van der Waals surface area contributed by atoms with Gasteiger partial charge in [0.15, 0.2) is 0 Å². The van der Waals surface area contributed by atoms with Gasteiger partial charge in [-0.15, -0.1) is 0 Å². The second-order valence-electron chi connectivity index (χ2n) is 9.23. The summed E-state index contributed by atoms with van der Waals surface area (Å²) in [5.74, 6) is 0. The van der Waals surface area contributed by atoms with Crippen molar-refractivity contribution in [2.75, 3.05) is 5.32 Å². The first-order chi connectivity index (χ1) is 18.3. The molecule has 37 heavy (non-hydrogen) atoms. The Morgan fingerprint density at radius 1 is 0.486 bits per heavy atom. The average molecular weight is 539 g/mol. The van der Waals surface area contributed by atoms with Crippen LogP contribution in [0.25, 0.3) is 49.4 Å². The molecular formula is C34H23BrN2. The maximum atomic E-state index is 3.67. The summed E-state index contributed by atoms with van der Waals surface area (Å²) in [6.07, 6.45) is 0. The highest BCUT2D eigenvalue weighted by atomic mass is 79.9. The number of aromatic nitrogens is 1. The molecule has 0 spiro atoms. The number of anilines is 2. The second-order valence-corrected chi connectivity index (χ2v) is 10.1. The van der Waals surface area contributed by atoms with Gasteiger partial charge in [0.25, 0.3) is 0 Å². The van der Waals surface area contributed by atoms with Gasteiger partial charge in [-0.05, 0) is 81.0 Å². The second kappa shape index (κ2) is 8.95. The van der Waals surface area contributed by atoms with E-state index in [-0.39, 0.29) is 0 Å². The largest absolute Gasteiger partial charge is 0.354 e. The van der Waals surface area contributed by atoms with Crippen molar-refractivity contribution < 1.29 is 0 Å². The Bertz CT molecular complexity index is 1920. The van der Waals surface area contributed by atoms with Crippen molar-refractivity contribution in [2.45, 2.75) is 0 Å². The molecule has 0 fully saturated rings. The molecule has 7 aromatic rings. The SMILES string of the molecule is Brc1ccccc1Nc1ccc(-c2ccc3c(c2)c2ccccc2n3-c2ccccc2)c2ccccc12. The highest BCUT2D eigenvalue weighted by Crippen LogP contribution is 2.39. The monoisotopic (exact) mass is 538 g/mol. The van der Waals surface area contributed by atoms with E-state index in [1.807, 2.05) is 12.1 Å². The van der Waals surface area contributed by atoms with Gasteiger partial charge in [0.1, 0.15) is 0 Å². The summed E-state index contributed by atoms with van der Waals surface area (Å²) < 4.78 is 3.40. The van der Waals surface area contributed by atoms with E-state index in [0.717, 1.165) is 15.8 Å². The van der Waals surface area contributed by atoms with E-state index in [1.165, 1.54) is 49.4 Å². The lowest BCUT2D eigenvalue weighted by atomic mass is 9.96. The van der Waals surface area contributed by atoms with Crippen molar-refractivity contribution in [3.8, 4) is 16.8 Å². The van der Waals surface area contributed by atoms with Crippen LogP contribution in [0.5, 0.6) is 0 Å². The smallest absolute Gasteiger partial charge is 0.0541 e. The molecule has 0 saturated carbocycles. The number of fused-ring (bicyclic) bond motifs is 4. The van der Waals surface area contributed by atoms with Crippen LogP contribution in [0, 0.1) is 0 Å². The molecule has 1 aromatic heterocycles. The fourth-order valence-corrected chi connectivity index (χ4v) is 5.75. The van der Waals surface area contributed by atoms with Gasteiger partial charge in [0.05, 0.1) is 16.7 Å². The Balaban J connectivity index is 1.42. The maximum absolute atomic E-state index is 3.67. The molecule has 1 heterocycles. The first-order valence-electron chi connectivity index (χ1n) is 12.4. The summed E-state index contributed by atoms with van der Waals surface area (Å²) in [4.78, 5) is 0. The summed E-state index contributed by atoms with van der Waals surface area (Å²) in [5, 5.41) is 8.57. The molecule has 0 aliphatic rings. The minimum Gasteiger partial charge on any atom is -0.354 e. The lowest BCUT2D eigenvalue weighted by Crippen LogP contribution is -1.94. The molecule has 0 unspecified atom stereocenters. The van der Waals surface area contributed by atoms with Crippen LogP contribution in [0.4, 0.5) is 11.4 Å². The number of rotatable bonds is 4. The number of nitrogens with zero attached hydrogens (tertiary/aromatic N) is 1. The van der Waals surface area contributed by atoms with E-state index in [2.05, 4.69) is 147 Å². The molecule has 3 heteroatoms. The normalized spacial score (nSPS) is 11.4. The molecule has 0 aliphatic carbocycles. The molecule has 2 nitrogen and oxygen atoms in total. The number of para-hydroxylation sites is 3. The van der Waals surface area contributed by atoms with Crippen molar-refractivity contribution >= 4 is 59.9 Å². The zero-order chi connectivity index (χ0) is 24.8. The van der Waals surface area contributed by atoms with Crippen LogP contribution in [-0.4, -0.2) is 4.57 Å². The Labute approximate surface area is 223 Å². The first kappa shape index (κ1) is 21.9. The van der Waals surface area contributed by atoms with Gasteiger partial charge in [-0.1, -0.05) is 84.9 Å². The summed E-state index contributed by atoms with van der Waals surface area (Å²) >= 11 is 3.67. The van der Waals surface area contributed by atoms with Crippen LogP contribution < -0.4 is 5.32 Å². The highest BCUT2D eigenvalue weighted by Gasteiger charge is 2.14. The number of benzene rings is 6. The molecule has 176 valence electrons. The van der Waals surface area contributed by atoms with Crippen molar-refractivity contribution in [3.05, 3.63) is 138 Å². The van der Waals surface area contributed by atoms with Gasteiger partial charge in [0, 0.05) is 32.0 Å². The van der Waals surface area contributed by atoms with Crippen molar-refractivity contribution in [3.63, 3.8) is 0 Å². The Hall–Kier alpha value is -4.34. The van der Waals surface area contributed by atoms with Crippen LogP contribution in [0.3, 0.4) is 0 Å². The first-order valence-corrected chi connectivity index (χ1v) is 13.2. The molecule has 7 rings (SSSR count). The van der Waals surface area contributed by atoms with Crippen LogP contribution in [0.15, 0.2) is 138 Å². The number of hydrogen-bond acceptors (Lipinski definition) is 1. The van der Waals surface area contributed by atoms with E-state index in [1.54, 1.807) is 0 Å². The average Bonchev–Trinajstić information content (AvgIpc) is 3.28. The molecule has 0 saturated heterocycles. The van der Waals surface area contributed by atoms with Crippen LogP contribution >= 0.6 is 15.9 Å². The highest BCUT2D eigenvalue weighted by molar-refractivity contribution is 9.10. The molecule has 0 amide bonds. The molecular weight excluding hydrogens is 516 g/mol. The predicted molar refractivity (Wildman–Crippen MR) is 161 cm³/mol. The summed E-state index contributed by atoms with van der Waals surface area (Å²) in [6.45, 7) is 0. The summed E-state index contributed by atoms with van der Waals surface area (Å²) in [5.41, 5.74) is 8.20. The van der Waals surface area contributed by atoms with Gasteiger partial charge in [-0.3, -0.25) is 0 Å². The van der Waals surface area contributed by atoms with Gasteiger partial charge >= 0.3 is 0 Å². The third-order valence-electron chi connectivity index (χ3n) is 7.07. The lowest BCUT2D eigenvalue weighted by Gasteiger charge is -2.15. The Morgan fingerprint density at radius 2 is 1.16 bits per heavy atom. The minimum atomic E-state index is 1.04. The predicted octanol–water partition coefficient (Wildman–Crippen LogP) is 10.1. The van der Waals surface area contributed by atoms with E-state index in [9.17, 15) is 0 Å². The Morgan fingerprint density at radius 3 is 2.00 bits per heavy atom. The van der Waals surface area contributed by atoms with Crippen molar-refractivity contribution in [1.82, 2.24) is 4.57 Å². The maximum Gasteiger partial charge on any atom is 0.0541 e. The van der Waals surface area contributed by atoms with Gasteiger partial charge in [0.2, 0.25) is 0 Å². The van der Waals surface area contributed by atoms with Gasteiger partial charge in [-0.2, -0.15) is 0 Å². The van der Waals surface area contributed by atoms with E-state index >= 15 is 0 Å². The van der Waals surface area contributed by atoms with Crippen molar-refractivity contribution in [1.29, 1.82) is 0 Å². The van der Waals surface area contributed by atoms with E-state index < -0.39 is 0 Å². The third kappa shape index (κ3) is 3.71. The fourth-order valence-electron chi connectivity index (χ4n) is 5.36. The lowest BCUT2D eigenvalue weighted by molar-refractivity contribution is 1.18. The van der Waals surface area contributed by atoms with Crippen molar-refractivity contribution in [2.24, 2.45) is 0 Å². The minimum absolute atomic E-state index is 1.04. The van der Waals surface area contributed by atoms with Gasteiger partial charge in [-0.25, -0.2) is 0 Å². The molecule has 0 aliphatic heterocycles. The fraction of sp³-hybridized carbons (Fsp3) is 0. The number of nitrogens with one attached hydrogen (secondary N) is 1. The molecule has 6 aromatic carbocycles. The number of halogens is 1. The Kier molecular flexibility index (Phi) is 5.30. The standard InChI is InChI=1S/C34H23BrN2/c35-30-15-7-8-16-32(30)36-31-20-19-25(26-12-4-5-13-27(26)31)23-18-21-34-29(22-23)28-14-6-9-17-33(28)37(34)24-10-2-1-3-11-24/h1-22,36H. The molecule has 0 radical (unpaired) electrons. The summed E-state index contributed by atoms with van der Waals surface area (Å²) in [7, 11) is 0. The van der Waals surface area contributed by atoms with E-state index in [0.29, 0.717) is 0 Å². The zero-order valence-electron chi connectivity index (χ0n) is 20.0. The number of hydrogen-bond donors (Lipinski definition) is 1.